The van der Waals surface area contributed by atoms with Gasteiger partial charge in [0.15, 0.2) is 0 Å². The summed E-state index contributed by atoms with van der Waals surface area (Å²) in [6.07, 6.45) is 7.44. The van der Waals surface area contributed by atoms with E-state index < -0.39 is 0 Å². The quantitative estimate of drug-likeness (QED) is 0.361. The second-order valence-corrected chi connectivity index (χ2v) is 8.07. The van der Waals surface area contributed by atoms with Crippen LogP contribution in [0, 0.1) is 0 Å². The summed E-state index contributed by atoms with van der Waals surface area (Å²) < 4.78 is -0.369. The largest absolute Gasteiger partial charge is 0.107 e. The molecule has 0 radical (unpaired) electrons. The minimum Gasteiger partial charge on any atom is -0.107 e. The van der Waals surface area contributed by atoms with E-state index in [2.05, 4.69) is 6.92 Å². The monoisotopic (exact) mass is 212 g/mol. The summed E-state index contributed by atoms with van der Waals surface area (Å²) in [7, 11) is 0.878. The molecular formula is C8H18Cl2Si. The van der Waals surface area contributed by atoms with Crippen LogP contribution in [0.4, 0.5) is 0 Å². The van der Waals surface area contributed by atoms with Crippen LogP contribution in [-0.2, 0) is 0 Å². The first-order valence-electron chi connectivity index (χ1n) is 4.44. The molecule has 0 heterocycles. The average molecular weight is 213 g/mol. The van der Waals surface area contributed by atoms with Crippen molar-refractivity contribution >= 4 is 33.4 Å². The van der Waals surface area contributed by atoms with Crippen molar-refractivity contribution < 1.29 is 0 Å². The van der Waals surface area contributed by atoms with E-state index in [9.17, 15) is 0 Å². The molecule has 0 aliphatic rings. The number of alkyl halides is 2. The lowest BCUT2D eigenvalue weighted by Gasteiger charge is -2.11. The minimum atomic E-state index is -0.369. The summed E-state index contributed by atoms with van der Waals surface area (Å²) in [5.41, 5.74) is 0. The predicted octanol–water partition coefficient (Wildman–Crippen LogP) is 2.84. The molecule has 0 atom stereocenters. The molecule has 0 bridgehead atoms. The molecule has 0 rings (SSSR count). The summed E-state index contributed by atoms with van der Waals surface area (Å²) in [4.78, 5) is 0. The highest BCUT2D eigenvalue weighted by atomic mass is 35.5. The van der Waals surface area contributed by atoms with Gasteiger partial charge in [-0.05, 0) is 6.42 Å². The van der Waals surface area contributed by atoms with Crippen molar-refractivity contribution in [3.05, 3.63) is 0 Å². The van der Waals surface area contributed by atoms with Crippen molar-refractivity contribution in [2.45, 2.75) is 49.4 Å². The molecule has 0 amide bonds. The second kappa shape index (κ2) is 6.33. The summed E-state index contributed by atoms with van der Waals surface area (Å²) in [5.74, 6) is 0. The van der Waals surface area contributed by atoms with Crippen molar-refractivity contribution in [1.82, 2.24) is 0 Å². The molecule has 0 fully saturated rings. The van der Waals surface area contributed by atoms with Gasteiger partial charge in [0.1, 0.15) is 0 Å². The van der Waals surface area contributed by atoms with Gasteiger partial charge in [-0.3, -0.25) is 0 Å². The molecule has 0 nitrogen and oxygen atoms in total. The predicted molar refractivity (Wildman–Crippen MR) is 57.8 cm³/mol. The maximum absolute atomic E-state index is 5.87. The molecule has 11 heavy (non-hydrogen) atoms. The maximum atomic E-state index is 5.87. The smallest absolute Gasteiger partial charge is 0.0972 e. The molecule has 0 aromatic heterocycles. The van der Waals surface area contributed by atoms with Gasteiger partial charge in [0.05, 0.1) is 3.96 Å². The van der Waals surface area contributed by atoms with Crippen molar-refractivity contribution in [3.8, 4) is 0 Å². The van der Waals surface area contributed by atoms with Crippen molar-refractivity contribution in [2.75, 3.05) is 0 Å². The molecule has 0 saturated carbocycles. The first-order valence-corrected chi connectivity index (χ1v) is 6.19. The Morgan fingerprint density at radius 1 is 1.09 bits per heavy atom. The van der Waals surface area contributed by atoms with Crippen LogP contribution >= 0.6 is 23.2 Å². The number of halogens is 2. The minimum absolute atomic E-state index is 0.369. The highest BCUT2D eigenvalue weighted by Crippen LogP contribution is 2.23. The van der Waals surface area contributed by atoms with E-state index >= 15 is 0 Å². The van der Waals surface area contributed by atoms with Crippen LogP contribution in [0.15, 0.2) is 0 Å². The zero-order valence-corrected chi connectivity index (χ0v) is 11.0. The SMILES string of the molecule is CCCCCCCC([SiH3])(Cl)Cl. The van der Waals surface area contributed by atoms with Crippen LogP contribution in [0.25, 0.3) is 0 Å². The third kappa shape index (κ3) is 10.8. The van der Waals surface area contributed by atoms with Crippen molar-refractivity contribution in [2.24, 2.45) is 0 Å². The molecule has 0 N–H and O–H groups in total. The van der Waals surface area contributed by atoms with E-state index in [1.54, 1.807) is 0 Å². The molecule has 0 aromatic carbocycles. The number of unbranched alkanes of at least 4 members (excludes halogenated alkanes) is 4. The van der Waals surface area contributed by atoms with Crippen molar-refractivity contribution in [1.29, 1.82) is 0 Å². The molecule has 0 aliphatic heterocycles. The van der Waals surface area contributed by atoms with Gasteiger partial charge in [0.2, 0.25) is 0 Å². The molecule has 3 heteroatoms. The van der Waals surface area contributed by atoms with Crippen LogP contribution in [0.5, 0.6) is 0 Å². The molecule has 0 unspecified atom stereocenters. The number of hydrogen-bond donors (Lipinski definition) is 0. The summed E-state index contributed by atoms with van der Waals surface area (Å²) in [6, 6.07) is 0. The van der Waals surface area contributed by atoms with Gasteiger partial charge in [-0.25, -0.2) is 0 Å². The van der Waals surface area contributed by atoms with Gasteiger partial charge in [0.25, 0.3) is 0 Å². The van der Waals surface area contributed by atoms with E-state index in [4.69, 9.17) is 23.2 Å². The number of hydrogen-bond acceptors (Lipinski definition) is 0. The zero-order chi connectivity index (χ0) is 8.74. The fourth-order valence-corrected chi connectivity index (χ4v) is 1.66. The molecular weight excluding hydrogens is 195 g/mol. The third-order valence-electron chi connectivity index (χ3n) is 1.72. The van der Waals surface area contributed by atoms with Gasteiger partial charge in [0, 0.05) is 10.2 Å². The Labute approximate surface area is 83.1 Å². The van der Waals surface area contributed by atoms with Crippen LogP contribution < -0.4 is 0 Å². The normalized spacial score (nSPS) is 12.3. The second-order valence-electron chi connectivity index (χ2n) is 3.23. The summed E-state index contributed by atoms with van der Waals surface area (Å²) >= 11 is 11.7. The van der Waals surface area contributed by atoms with Crippen molar-refractivity contribution in [3.63, 3.8) is 0 Å². The van der Waals surface area contributed by atoms with Crippen LogP contribution in [-0.4, -0.2) is 14.2 Å². The Kier molecular flexibility index (Phi) is 6.79. The Morgan fingerprint density at radius 3 is 2.09 bits per heavy atom. The van der Waals surface area contributed by atoms with E-state index in [0.717, 1.165) is 16.7 Å². The Morgan fingerprint density at radius 2 is 1.64 bits per heavy atom. The first-order chi connectivity index (χ1) is 5.06. The Bertz CT molecular complexity index is 88.6. The molecule has 0 aromatic rings. The number of rotatable bonds is 6. The van der Waals surface area contributed by atoms with Gasteiger partial charge in [-0.15, -0.1) is 23.2 Å². The summed E-state index contributed by atoms with van der Waals surface area (Å²) in [6.45, 7) is 2.22. The van der Waals surface area contributed by atoms with Gasteiger partial charge in [-0.2, -0.15) is 0 Å². The highest BCUT2D eigenvalue weighted by Gasteiger charge is 2.14. The zero-order valence-electron chi connectivity index (χ0n) is 7.50. The lowest BCUT2D eigenvalue weighted by molar-refractivity contribution is 0.612. The molecule has 68 valence electrons. The van der Waals surface area contributed by atoms with E-state index in [1.165, 1.54) is 32.1 Å². The van der Waals surface area contributed by atoms with E-state index in [-0.39, 0.29) is 3.96 Å². The highest BCUT2D eigenvalue weighted by molar-refractivity contribution is 6.65. The standard InChI is InChI=1S/C8H18Cl2Si/c1-2-3-4-5-6-7-8(9,10)11/h2-7H2,1,11H3. The van der Waals surface area contributed by atoms with Crippen LogP contribution in [0.3, 0.4) is 0 Å². The van der Waals surface area contributed by atoms with Crippen LogP contribution in [0.1, 0.15) is 45.4 Å². The molecule has 0 saturated heterocycles. The lowest BCUT2D eigenvalue weighted by Crippen LogP contribution is -2.11. The Hall–Kier alpha value is 0.797. The third-order valence-corrected chi connectivity index (χ3v) is 2.60. The molecule has 0 aliphatic carbocycles. The lowest BCUT2D eigenvalue weighted by atomic mass is 10.1. The van der Waals surface area contributed by atoms with E-state index in [0.29, 0.717) is 0 Å². The average Bonchev–Trinajstić information content (AvgIpc) is 1.85. The van der Waals surface area contributed by atoms with E-state index in [1.807, 2.05) is 0 Å². The fraction of sp³-hybridized carbons (Fsp3) is 1.00. The maximum Gasteiger partial charge on any atom is 0.0972 e. The van der Waals surface area contributed by atoms with Crippen LogP contribution in [0.2, 0.25) is 0 Å². The molecule has 0 spiro atoms. The first kappa shape index (κ1) is 11.8. The topological polar surface area (TPSA) is 0 Å². The Balaban J connectivity index is 3.02. The fourth-order valence-electron chi connectivity index (χ4n) is 1.04. The van der Waals surface area contributed by atoms with Gasteiger partial charge in [-0.1, -0.05) is 39.0 Å². The van der Waals surface area contributed by atoms with Gasteiger partial charge >= 0.3 is 0 Å². The summed E-state index contributed by atoms with van der Waals surface area (Å²) in [5, 5.41) is 0. The van der Waals surface area contributed by atoms with Gasteiger partial charge < -0.3 is 0 Å².